The van der Waals surface area contributed by atoms with E-state index in [1.807, 2.05) is 29.6 Å². The van der Waals surface area contributed by atoms with Gasteiger partial charge < -0.3 is 10.5 Å². The predicted octanol–water partition coefficient (Wildman–Crippen LogP) is 3.44. The average Bonchev–Trinajstić information content (AvgIpc) is 2.80. The number of ether oxygens (including phenoxy) is 1. The first-order chi connectivity index (χ1) is 7.79. The van der Waals surface area contributed by atoms with Crippen LogP contribution in [0, 0.1) is 0 Å². The Hall–Kier alpha value is -1.03. The summed E-state index contributed by atoms with van der Waals surface area (Å²) in [7, 11) is 0. The minimum Gasteiger partial charge on any atom is -0.489 e. The number of nitrogens with two attached hydrogens (primary N) is 1. The van der Waals surface area contributed by atoms with Crippen LogP contribution >= 0.6 is 22.9 Å². The Morgan fingerprint density at radius 2 is 2.19 bits per heavy atom. The fourth-order valence-corrected chi connectivity index (χ4v) is 2.23. The van der Waals surface area contributed by atoms with Crippen LogP contribution in [0.2, 0.25) is 5.02 Å². The molecule has 2 nitrogen and oxygen atoms in total. The minimum atomic E-state index is 0.430. The topological polar surface area (TPSA) is 35.2 Å². The molecule has 0 saturated heterocycles. The van der Waals surface area contributed by atoms with Crippen molar-refractivity contribution in [1.82, 2.24) is 0 Å². The van der Waals surface area contributed by atoms with Crippen LogP contribution in [0.4, 0.5) is 0 Å². The van der Waals surface area contributed by atoms with Gasteiger partial charge in [0.05, 0.1) is 0 Å². The molecule has 84 valence electrons. The third kappa shape index (κ3) is 2.76. The zero-order valence-corrected chi connectivity index (χ0v) is 10.2. The summed E-state index contributed by atoms with van der Waals surface area (Å²) in [6, 6.07) is 7.55. The molecule has 2 aromatic rings. The maximum Gasteiger partial charge on any atom is 0.124 e. The quantitative estimate of drug-likeness (QED) is 0.906. The molecule has 0 spiro atoms. The van der Waals surface area contributed by atoms with Gasteiger partial charge in [-0.3, -0.25) is 0 Å². The summed E-state index contributed by atoms with van der Waals surface area (Å²) in [5, 5.41) is 4.78. The highest BCUT2D eigenvalue weighted by Gasteiger charge is 2.03. The molecule has 1 aromatic carbocycles. The van der Waals surface area contributed by atoms with E-state index in [2.05, 4.69) is 5.38 Å². The highest BCUT2D eigenvalue weighted by atomic mass is 35.5. The fourth-order valence-electron chi connectivity index (χ4n) is 1.38. The molecule has 2 N–H and O–H groups in total. The lowest BCUT2D eigenvalue weighted by molar-refractivity contribution is 0.303. The van der Waals surface area contributed by atoms with Crippen molar-refractivity contribution in [1.29, 1.82) is 0 Å². The van der Waals surface area contributed by atoms with E-state index in [0.29, 0.717) is 18.2 Å². The smallest absolute Gasteiger partial charge is 0.124 e. The molecule has 0 aliphatic carbocycles. The Morgan fingerprint density at radius 1 is 1.31 bits per heavy atom. The SMILES string of the molecule is NCc1cc(Cl)ccc1OCc1ccsc1. The van der Waals surface area contributed by atoms with Gasteiger partial charge in [-0.2, -0.15) is 11.3 Å². The Bertz CT molecular complexity index is 456. The van der Waals surface area contributed by atoms with Crippen molar-refractivity contribution in [3.8, 4) is 5.75 Å². The molecule has 0 aliphatic rings. The van der Waals surface area contributed by atoms with Crippen LogP contribution in [0.3, 0.4) is 0 Å². The van der Waals surface area contributed by atoms with Crippen LogP contribution in [0.25, 0.3) is 0 Å². The van der Waals surface area contributed by atoms with Gasteiger partial charge in [0.2, 0.25) is 0 Å². The predicted molar refractivity (Wildman–Crippen MR) is 68.0 cm³/mol. The molecule has 0 radical (unpaired) electrons. The molecule has 1 heterocycles. The molecule has 0 saturated carbocycles. The van der Waals surface area contributed by atoms with Crippen LogP contribution in [0.15, 0.2) is 35.0 Å². The normalized spacial score (nSPS) is 10.4. The van der Waals surface area contributed by atoms with E-state index in [9.17, 15) is 0 Å². The summed E-state index contributed by atoms with van der Waals surface area (Å²) in [5.41, 5.74) is 7.73. The monoisotopic (exact) mass is 253 g/mol. The van der Waals surface area contributed by atoms with E-state index < -0.39 is 0 Å². The Labute approximate surface area is 104 Å². The second-order valence-corrected chi connectivity index (χ2v) is 4.59. The van der Waals surface area contributed by atoms with Crippen LogP contribution < -0.4 is 10.5 Å². The second-order valence-electron chi connectivity index (χ2n) is 3.38. The standard InChI is InChI=1S/C12H12ClNOS/c13-11-1-2-12(10(5-11)6-14)15-7-9-3-4-16-8-9/h1-5,8H,6-7,14H2. The molecule has 2 rings (SSSR count). The van der Waals surface area contributed by atoms with Crippen molar-refractivity contribution >= 4 is 22.9 Å². The Kier molecular flexibility index (Phi) is 3.83. The van der Waals surface area contributed by atoms with Crippen molar-refractivity contribution in [2.24, 2.45) is 5.73 Å². The summed E-state index contributed by atoms with van der Waals surface area (Å²) >= 11 is 7.55. The number of halogens is 1. The highest BCUT2D eigenvalue weighted by molar-refractivity contribution is 7.07. The lowest BCUT2D eigenvalue weighted by atomic mass is 10.2. The molecule has 1 aromatic heterocycles. The van der Waals surface area contributed by atoms with E-state index >= 15 is 0 Å². The van der Waals surface area contributed by atoms with Crippen LogP contribution in [0.5, 0.6) is 5.75 Å². The fraction of sp³-hybridized carbons (Fsp3) is 0.167. The van der Waals surface area contributed by atoms with Gasteiger partial charge in [0.15, 0.2) is 0 Å². The average molecular weight is 254 g/mol. The van der Waals surface area contributed by atoms with Gasteiger partial charge in [-0.1, -0.05) is 11.6 Å². The van der Waals surface area contributed by atoms with Crippen molar-refractivity contribution in [2.45, 2.75) is 13.2 Å². The summed E-state index contributed by atoms with van der Waals surface area (Å²) < 4.78 is 5.70. The van der Waals surface area contributed by atoms with Crippen molar-refractivity contribution in [2.75, 3.05) is 0 Å². The summed E-state index contributed by atoms with van der Waals surface area (Å²) in [5.74, 6) is 0.804. The van der Waals surface area contributed by atoms with Gasteiger partial charge in [0.1, 0.15) is 12.4 Å². The number of benzene rings is 1. The van der Waals surface area contributed by atoms with Crippen LogP contribution in [0.1, 0.15) is 11.1 Å². The highest BCUT2D eigenvalue weighted by Crippen LogP contribution is 2.23. The maximum atomic E-state index is 5.89. The van der Waals surface area contributed by atoms with Crippen molar-refractivity contribution < 1.29 is 4.74 Å². The molecule has 0 aliphatic heterocycles. The summed E-state index contributed by atoms with van der Waals surface area (Å²) in [6.07, 6.45) is 0. The number of rotatable bonds is 4. The van der Waals surface area contributed by atoms with Gasteiger partial charge >= 0.3 is 0 Å². The van der Waals surface area contributed by atoms with Crippen LogP contribution in [-0.4, -0.2) is 0 Å². The van der Waals surface area contributed by atoms with Gasteiger partial charge in [-0.15, -0.1) is 0 Å². The van der Waals surface area contributed by atoms with Crippen molar-refractivity contribution in [3.05, 3.63) is 51.2 Å². The molecule has 16 heavy (non-hydrogen) atoms. The largest absolute Gasteiger partial charge is 0.489 e. The molecule has 0 unspecified atom stereocenters. The lowest BCUT2D eigenvalue weighted by Crippen LogP contribution is -2.02. The molecule has 4 heteroatoms. The molecule has 0 bridgehead atoms. The first kappa shape index (κ1) is 11.5. The van der Waals surface area contributed by atoms with E-state index in [0.717, 1.165) is 11.3 Å². The maximum absolute atomic E-state index is 5.89. The van der Waals surface area contributed by atoms with E-state index in [4.69, 9.17) is 22.1 Å². The van der Waals surface area contributed by atoms with Crippen molar-refractivity contribution in [3.63, 3.8) is 0 Å². The number of hydrogen-bond acceptors (Lipinski definition) is 3. The number of thiophene rings is 1. The van der Waals surface area contributed by atoms with Gasteiger partial charge in [-0.25, -0.2) is 0 Å². The first-order valence-corrected chi connectivity index (χ1v) is 6.24. The second kappa shape index (κ2) is 5.34. The van der Waals surface area contributed by atoms with E-state index in [1.165, 1.54) is 5.56 Å². The molecular weight excluding hydrogens is 242 g/mol. The third-order valence-corrected chi connectivity index (χ3v) is 3.18. The third-order valence-electron chi connectivity index (χ3n) is 2.22. The minimum absolute atomic E-state index is 0.430. The Balaban J connectivity index is 2.09. The van der Waals surface area contributed by atoms with Gasteiger partial charge in [0, 0.05) is 17.1 Å². The van der Waals surface area contributed by atoms with Gasteiger partial charge in [-0.05, 0) is 40.6 Å². The molecule has 0 atom stereocenters. The molecular formula is C12H12ClNOS. The first-order valence-electron chi connectivity index (χ1n) is 4.92. The zero-order chi connectivity index (χ0) is 11.4. The van der Waals surface area contributed by atoms with E-state index in [-0.39, 0.29) is 0 Å². The van der Waals surface area contributed by atoms with Crippen LogP contribution in [-0.2, 0) is 13.2 Å². The summed E-state index contributed by atoms with van der Waals surface area (Å²) in [6.45, 7) is 0.998. The lowest BCUT2D eigenvalue weighted by Gasteiger charge is -2.09. The summed E-state index contributed by atoms with van der Waals surface area (Å²) in [4.78, 5) is 0. The Morgan fingerprint density at radius 3 is 2.88 bits per heavy atom. The van der Waals surface area contributed by atoms with E-state index in [1.54, 1.807) is 11.3 Å². The zero-order valence-electron chi connectivity index (χ0n) is 8.65. The molecule has 0 fully saturated rings. The number of hydrogen-bond donors (Lipinski definition) is 1. The van der Waals surface area contributed by atoms with Gasteiger partial charge in [0.25, 0.3) is 0 Å². The molecule has 0 amide bonds.